The maximum Gasteiger partial charge on any atom is 0.190 e. The van der Waals surface area contributed by atoms with Crippen molar-refractivity contribution >= 4 is 21.2 Å². The van der Waals surface area contributed by atoms with E-state index in [1.54, 1.807) is 6.92 Å². The molecule has 16 heavy (non-hydrogen) atoms. The molecule has 0 spiro atoms. The largest absolute Gasteiger partial charge is 0.310 e. The first-order chi connectivity index (χ1) is 7.07. The van der Waals surface area contributed by atoms with Gasteiger partial charge in [0.05, 0.1) is 5.25 Å². The van der Waals surface area contributed by atoms with Crippen LogP contribution >= 0.6 is 11.3 Å². The predicted octanol–water partition coefficient (Wildman–Crippen LogP) is 1.96. The summed E-state index contributed by atoms with van der Waals surface area (Å²) in [6.45, 7) is 4.70. The third-order valence-corrected chi connectivity index (χ3v) is 6.55. The zero-order valence-corrected chi connectivity index (χ0v) is 13.9. The minimum Gasteiger partial charge on any atom is -0.310 e. The molecular formula is C10H15NO2S2Y. The summed E-state index contributed by atoms with van der Waals surface area (Å²) < 4.78 is 24.6. The van der Waals surface area contributed by atoms with E-state index in [4.69, 9.17) is 0 Å². The van der Waals surface area contributed by atoms with Crippen molar-refractivity contribution in [2.75, 3.05) is 6.54 Å². The van der Waals surface area contributed by atoms with E-state index < -0.39 is 9.84 Å². The Morgan fingerprint density at radius 2 is 2.25 bits per heavy atom. The molecule has 87 valence electrons. The summed E-state index contributed by atoms with van der Waals surface area (Å²) in [4.78, 5) is 0. The molecule has 1 aliphatic rings. The monoisotopic (exact) mass is 334 g/mol. The van der Waals surface area contributed by atoms with Gasteiger partial charge in [-0.3, -0.25) is 0 Å². The first kappa shape index (κ1) is 14.8. The van der Waals surface area contributed by atoms with E-state index in [9.17, 15) is 8.42 Å². The Kier molecular flexibility index (Phi) is 5.14. The summed E-state index contributed by atoms with van der Waals surface area (Å²) in [6.07, 6.45) is 0.680. The molecule has 2 heterocycles. The maximum atomic E-state index is 12.0. The molecular weight excluding hydrogens is 319 g/mol. The van der Waals surface area contributed by atoms with Crippen molar-refractivity contribution in [1.29, 1.82) is 0 Å². The summed E-state index contributed by atoms with van der Waals surface area (Å²) in [6, 6.07) is 2.13. The Morgan fingerprint density at radius 3 is 2.88 bits per heavy atom. The third-order valence-electron chi connectivity index (χ3n) is 2.84. The molecule has 0 amide bonds. The van der Waals surface area contributed by atoms with E-state index in [2.05, 4.69) is 5.32 Å². The summed E-state index contributed by atoms with van der Waals surface area (Å²) in [5, 5.41) is 4.93. The van der Waals surface area contributed by atoms with Gasteiger partial charge < -0.3 is 5.32 Å². The molecule has 0 saturated heterocycles. The number of thiophene rings is 1. The molecule has 1 N–H and O–H groups in total. The summed E-state index contributed by atoms with van der Waals surface area (Å²) in [5.74, 6) is 0. The van der Waals surface area contributed by atoms with Gasteiger partial charge in [0.2, 0.25) is 0 Å². The molecule has 0 fully saturated rings. The maximum absolute atomic E-state index is 12.0. The van der Waals surface area contributed by atoms with E-state index in [1.165, 1.54) is 11.3 Å². The average Bonchev–Trinajstić information content (AvgIpc) is 2.64. The van der Waals surface area contributed by atoms with E-state index >= 15 is 0 Å². The first-order valence-electron chi connectivity index (χ1n) is 5.12. The first-order valence-corrected chi connectivity index (χ1v) is 7.54. The predicted molar refractivity (Wildman–Crippen MR) is 62.0 cm³/mol. The van der Waals surface area contributed by atoms with Crippen LogP contribution < -0.4 is 5.32 Å². The second-order valence-corrected chi connectivity index (χ2v) is 7.34. The van der Waals surface area contributed by atoms with Crippen molar-refractivity contribution in [2.24, 2.45) is 0 Å². The molecule has 0 saturated carbocycles. The van der Waals surface area contributed by atoms with Gasteiger partial charge in [-0.15, -0.1) is 11.3 Å². The van der Waals surface area contributed by atoms with E-state index in [-0.39, 0.29) is 44.0 Å². The van der Waals surface area contributed by atoms with Crippen LogP contribution in [0.15, 0.2) is 15.7 Å². The van der Waals surface area contributed by atoms with Crippen LogP contribution in [0.5, 0.6) is 0 Å². The van der Waals surface area contributed by atoms with Crippen molar-refractivity contribution in [3.05, 3.63) is 17.0 Å². The number of hydrogen-bond donors (Lipinski definition) is 1. The van der Waals surface area contributed by atoms with Crippen LogP contribution in [0.2, 0.25) is 0 Å². The Bertz CT molecular complexity index is 455. The third kappa shape index (κ3) is 2.43. The smallest absolute Gasteiger partial charge is 0.190 e. The van der Waals surface area contributed by atoms with E-state index in [0.717, 1.165) is 12.1 Å². The van der Waals surface area contributed by atoms with Crippen LogP contribution in [0.25, 0.3) is 0 Å². The summed E-state index contributed by atoms with van der Waals surface area (Å²) in [5.41, 5.74) is 0.958. The van der Waals surface area contributed by atoms with Crippen LogP contribution in [0.4, 0.5) is 0 Å². The molecule has 6 heteroatoms. The van der Waals surface area contributed by atoms with Crippen molar-refractivity contribution < 1.29 is 41.1 Å². The Morgan fingerprint density at radius 1 is 1.56 bits per heavy atom. The Labute approximate surface area is 126 Å². The molecule has 1 radical (unpaired) electrons. The van der Waals surface area contributed by atoms with Gasteiger partial charge in [-0.2, -0.15) is 0 Å². The number of nitrogens with one attached hydrogen (secondary N) is 1. The van der Waals surface area contributed by atoms with E-state index in [0.29, 0.717) is 10.6 Å². The molecule has 2 rings (SSSR count). The number of hydrogen-bond acceptors (Lipinski definition) is 4. The normalized spacial score (nSPS) is 26.9. The summed E-state index contributed by atoms with van der Waals surface area (Å²) >= 11 is 1.34. The summed E-state index contributed by atoms with van der Waals surface area (Å²) in [7, 11) is -3.05. The molecule has 1 aromatic rings. The quantitative estimate of drug-likeness (QED) is 0.899. The van der Waals surface area contributed by atoms with Crippen LogP contribution in [0.1, 0.15) is 31.9 Å². The SMILES string of the molecule is CCN[C@H]1C[C@H](C)S(=O)(=O)c2sccc21.[Y]. The Balaban J connectivity index is 0.00000128. The molecule has 0 aromatic carbocycles. The topological polar surface area (TPSA) is 46.2 Å². The van der Waals surface area contributed by atoms with Gasteiger partial charge in [-0.25, -0.2) is 8.42 Å². The molecule has 0 bridgehead atoms. The van der Waals surface area contributed by atoms with Crippen molar-refractivity contribution in [3.8, 4) is 0 Å². The van der Waals surface area contributed by atoms with Crippen LogP contribution in [-0.4, -0.2) is 20.2 Å². The molecule has 3 nitrogen and oxygen atoms in total. The van der Waals surface area contributed by atoms with Crippen molar-refractivity contribution in [1.82, 2.24) is 5.32 Å². The van der Waals surface area contributed by atoms with Crippen LogP contribution in [0, 0.1) is 0 Å². The molecule has 1 aliphatic heterocycles. The van der Waals surface area contributed by atoms with Gasteiger partial charge >= 0.3 is 0 Å². The van der Waals surface area contributed by atoms with Gasteiger partial charge in [-0.05, 0) is 36.9 Å². The molecule has 0 unspecified atom stereocenters. The second kappa shape index (κ2) is 5.57. The Hall–Kier alpha value is 0.714. The van der Waals surface area contributed by atoms with E-state index in [1.807, 2.05) is 18.4 Å². The number of fused-ring (bicyclic) bond motifs is 1. The minimum atomic E-state index is -3.05. The second-order valence-electron chi connectivity index (χ2n) is 3.86. The fraction of sp³-hybridized carbons (Fsp3) is 0.600. The van der Waals surface area contributed by atoms with Gasteiger partial charge in [0.1, 0.15) is 4.21 Å². The fourth-order valence-corrected chi connectivity index (χ4v) is 5.23. The standard InChI is InChI=1S/C10H15NO2S2.Y/c1-3-11-9-6-7(2)15(12,13)10-8(9)4-5-14-10;/h4-5,7,9,11H,3,6H2,1-2H3;/t7-,9-;/m0./s1. The van der Waals surface area contributed by atoms with Crippen molar-refractivity contribution in [3.63, 3.8) is 0 Å². The fourth-order valence-electron chi connectivity index (χ4n) is 2.00. The zero-order chi connectivity index (χ0) is 11.1. The average molecular weight is 334 g/mol. The number of sulfone groups is 1. The molecule has 2 atom stereocenters. The zero-order valence-electron chi connectivity index (χ0n) is 9.43. The van der Waals surface area contributed by atoms with Crippen molar-refractivity contribution in [2.45, 2.75) is 35.8 Å². The molecule has 0 aliphatic carbocycles. The van der Waals surface area contributed by atoms with Gasteiger partial charge in [0.15, 0.2) is 9.84 Å². The number of rotatable bonds is 2. The van der Waals surface area contributed by atoms with Gasteiger partial charge in [0, 0.05) is 38.8 Å². The minimum absolute atomic E-state index is 0. The van der Waals surface area contributed by atoms with Crippen LogP contribution in [0.3, 0.4) is 0 Å². The van der Waals surface area contributed by atoms with Crippen LogP contribution in [-0.2, 0) is 42.5 Å². The van der Waals surface area contributed by atoms with Gasteiger partial charge in [-0.1, -0.05) is 6.92 Å². The molecule has 1 aromatic heterocycles. The van der Waals surface area contributed by atoms with Gasteiger partial charge in [0.25, 0.3) is 0 Å².